The summed E-state index contributed by atoms with van der Waals surface area (Å²) in [7, 11) is 9.53. The number of hydrogen-bond donors (Lipinski definition) is 0. The number of halogens is 2. The molecule has 0 bridgehead atoms. The summed E-state index contributed by atoms with van der Waals surface area (Å²) in [5, 5.41) is 0. The van der Waals surface area contributed by atoms with E-state index in [0.717, 1.165) is 82.9 Å². The van der Waals surface area contributed by atoms with Gasteiger partial charge in [0.25, 0.3) is 0 Å². The quantitative estimate of drug-likeness (QED) is 0.0322. The number of ether oxygens (including phenoxy) is 2. The molecule has 0 fully saturated rings. The molecule has 0 aliphatic carbocycles. The zero-order valence-electron chi connectivity index (χ0n) is 46.3. The normalized spacial score (nSPS) is 11.8. The first-order valence-electron chi connectivity index (χ1n) is 29.2. The molecule has 5 nitrogen and oxygen atoms in total. The summed E-state index contributed by atoms with van der Waals surface area (Å²) < 4.78 is 12.3. The minimum absolute atomic E-state index is 0.194. The number of benzene rings is 2. The van der Waals surface area contributed by atoms with Crippen molar-refractivity contribution in [3.8, 4) is 11.5 Å². The molecular formula is C63H103Cl2FeN3O2. The fourth-order valence-corrected chi connectivity index (χ4v) is 9.39. The van der Waals surface area contributed by atoms with Crippen LogP contribution in [-0.4, -0.2) is 29.6 Å². The molecule has 0 atom stereocenters. The Morgan fingerprint density at radius 2 is 0.662 bits per heavy atom. The molecule has 0 unspecified atom stereocenters. The molecule has 0 aliphatic heterocycles. The van der Waals surface area contributed by atoms with Crippen molar-refractivity contribution in [1.82, 2.24) is 4.98 Å². The Hall–Kier alpha value is -2.37. The van der Waals surface area contributed by atoms with Gasteiger partial charge in [-0.05, 0) is 100 Å². The van der Waals surface area contributed by atoms with Crippen molar-refractivity contribution in [2.75, 3.05) is 13.2 Å². The van der Waals surface area contributed by atoms with Crippen LogP contribution in [0.2, 0.25) is 0 Å². The molecule has 0 spiro atoms. The molecule has 0 aliphatic rings. The van der Waals surface area contributed by atoms with Crippen molar-refractivity contribution in [1.29, 1.82) is 0 Å². The van der Waals surface area contributed by atoms with E-state index in [9.17, 15) is 0 Å². The first kappa shape index (κ1) is 64.7. The number of nitrogens with zero attached hydrogens (tertiary/aromatic N) is 3. The predicted octanol–water partition coefficient (Wildman–Crippen LogP) is 22.2. The number of unbranched alkanes of at least 4 members (excludes halogenated alkanes) is 34. The second kappa shape index (κ2) is 46.2. The van der Waals surface area contributed by atoms with Gasteiger partial charge in [0.1, 0.15) is 11.5 Å². The first-order chi connectivity index (χ1) is 34.8. The van der Waals surface area contributed by atoms with Crippen LogP contribution in [0.25, 0.3) is 0 Å². The van der Waals surface area contributed by atoms with E-state index in [1.54, 1.807) is 0 Å². The molecule has 71 heavy (non-hydrogen) atoms. The van der Waals surface area contributed by atoms with E-state index in [0.29, 0.717) is 0 Å². The monoisotopic (exact) mass is 1060 g/mol. The fourth-order valence-electron chi connectivity index (χ4n) is 9.39. The van der Waals surface area contributed by atoms with Gasteiger partial charge in [0, 0.05) is 0 Å². The van der Waals surface area contributed by atoms with Crippen LogP contribution in [0, 0.1) is 13.8 Å². The molecule has 0 amide bonds. The summed E-state index contributed by atoms with van der Waals surface area (Å²) in [6, 6.07) is 18.6. The number of aryl methyl sites for hydroxylation is 2. The van der Waals surface area contributed by atoms with E-state index in [1.165, 1.54) is 218 Å². The average Bonchev–Trinajstić information content (AvgIpc) is 3.37. The molecule has 1 heterocycles. The topological polar surface area (TPSA) is 56.1 Å². The van der Waals surface area contributed by atoms with Crippen molar-refractivity contribution >= 4 is 43.0 Å². The van der Waals surface area contributed by atoms with E-state index < -0.39 is 0 Å². The Bertz CT molecular complexity index is 1660. The van der Waals surface area contributed by atoms with Gasteiger partial charge in [-0.15, -0.1) is 0 Å². The Morgan fingerprint density at radius 1 is 0.408 bits per heavy atom. The molecule has 0 saturated heterocycles. The standard InChI is InChI=1S/C63H103N3O2.2ClH.Fe/c1-7-9-11-13-15-17-19-21-23-25-27-29-31-33-35-37-39-41-50-67-58-46-48-60(54(3)52-58)64-56(5)62-44-43-45-63(66-62)57(6)65-61-49-47-59(53-55(61)4)68-51-42-40-38-36-34-32-30-28-26-24-22-20-18-16-14-12-10-8-2;;;/h43-49,52-53H,7-42,50-51H2,1-6H3;2*1H;/q;;;+2/p-2. The Labute approximate surface area is 452 Å². The van der Waals surface area contributed by atoms with Crippen molar-refractivity contribution < 1.29 is 22.6 Å². The Kier molecular flexibility index (Phi) is 42.1. The maximum absolute atomic E-state index is 6.15. The SMILES string of the molecule is CCCCCCCCCCCCCCCCCCCCOc1ccc(N=C(C)c2cccc(C(C)=Nc3ccc(OCCCCCCCCCCCCCCCCCCCC)cc3C)n2)c(C)c1.[Cl][Fe][Cl]. The van der Waals surface area contributed by atoms with Crippen molar-refractivity contribution in [3.63, 3.8) is 0 Å². The van der Waals surface area contributed by atoms with Crippen molar-refractivity contribution in [2.45, 2.75) is 273 Å². The number of rotatable bonds is 44. The minimum atomic E-state index is 0.194. The van der Waals surface area contributed by atoms with Crippen LogP contribution in [0.1, 0.15) is 281 Å². The molecule has 0 N–H and O–H groups in total. The molecular weight excluding hydrogens is 957 g/mol. The van der Waals surface area contributed by atoms with Gasteiger partial charge in [-0.1, -0.05) is 238 Å². The van der Waals surface area contributed by atoms with Crippen LogP contribution in [0.15, 0.2) is 64.6 Å². The summed E-state index contributed by atoms with van der Waals surface area (Å²) >= 11 is 0.194. The molecule has 404 valence electrons. The van der Waals surface area contributed by atoms with Crippen molar-refractivity contribution in [3.05, 3.63) is 77.1 Å². The van der Waals surface area contributed by atoms with Gasteiger partial charge in [0.2, 0.25) is 0 Å². The third-order valence-corrected chi connectivity index (χ3v) is 13.9. The summed E-state index contributed by atoms with van der Waals surface area (Å²) in [5.41, 5.74) is 7.55. The number of aliphatic imine (C=N–C) groups is 2. The van der Waals surface area contributed by atoms with Gasteiger partial charge < -0.3 is 9.47 Å². The van der Waals surface area contributed by atoms with Gasteiger partial charge >= 0.3 is 33.3 Å². The summed E-state index contributed by atoms with van der Waals surface area (Å²) in [5.74, 6) is 1.85. The van der Waals surface area contributed by atoms with E-state index in [-0.39, 0.29) is 13.1 Å². The van der Waals surface area contributed by atoms with E-state index in [1.807, 2.05) is 32.0 Å². The van der Waals surface area contributed by atoms with Gasteiger partial charge in [-0.2, -0.15) is 0 Å². The molecule has 8 heteroatoms. The zero-order chi connectivity index (χ0) is 51.3. The van der Waals surface area contributed by atoms with Crippen LogP contribution < -0.4 is 9.47 Å². The Balaban J connectivity index is 0.00000561. The van der Waals surface area contributed by atoms with Gasteiger partial charge in [0.05, 0.1) is 47.4 Å². The van der Waals surface area contributed by atoms with E-state index in [2.05, 4.69) is 64.1 Å². The maximum atomic E-state index is 6.15. The van der Waals surface area contributed by atoms with Crippen LogP contribution in [0.3, 0.4) is 0 Å². The first-order valence-corrected chi connectivity index (χ1v) is 32.3. The molecule has 2 aromatic carbocycles. The van der Waals surface area contributed by atoms with Crippen LogP contribution in [0.5, 0.6) is 11.5 Å². The molecule has 3 rings (SSSR count). The Morgan fingerprint density at radius 3 is 0.915 bits per heavy atom. The van der Waals surface area contributed by atoms with Crippen LogP contribution in [0.4, 0.5) is 11.4 Å². The third-order valence-electron chi connectivity index (χ3n) is 13.9. The molecule has 3 aromatic rings. The summed E-state index contributed by atoms with van der Waals surface area (Å²) in [4.78, 5) is 14.9. The second-order valence-corrected chi connectivity index (χ2v) is 22.3. The van der Waals surface area contributed by atoms with E-state index >= 15 is 0 Å². The molecule has 0 saturated carbocycles. The molecule has 0 radical (unpaired) electrons. The van der Waals surface area contributed by atoms with Gasteiger partial charge in [0.15, 0.2) is 0 Å². The summed E-state index contributed by atoms with van der Waals surface area (Å²) in [6.45, 7) is 14.4. The summed E-state index contributed by atoms with van der Waals surface area (Å²) in [6.07, 6.45) is 50.0. The van der Waals surface area contributed by atoms with Gasteiger partial charge in [-0.25, -0.2) is 4.98 Å². The second-order valence-electron chi connectivity index (χ2n) is 20.5. The van der Waals surface area contributed by atoms with Crippen LogP contribution >= 0.6 is 20.2 Å². The fraction of sp³-hybridized carbons (Fsp3) is 0.698. The predicted molar refractivity (Wildman–Crippen MR) is 311 cm³/mol. The molecule has 1 aromatic heterocycles. The number of aromatic nitrogens is 1. The number of pyridine rings is 1. The third kappa shape index (κ3) is 34.7. The average molecular weight is 1060 g/mol. The van der Waals surface area contributed by atoms with Crippen LogP contribution in [-0.2, 0) is 13.1 Å². The van der Waals surface area contributed by atoms with Gasteiger partial charge in [-0.3, -0.25) is 9.98 Å². The zero-order valence-corrected chi connectivity index (χ0v) is 48.9. The van der Waals surface area contributed by atoms with E-state index in [4.69, 9.17) is 44.6 Å². The van der Waals surface area contributed by atoms with Crippen molar-refractivity contribution in [2.24, 2.45) is 9.98 Å². The number of hydrogen-bond acceptors (Lipinski definition) is 5.